The molecular weight excluding hydrogens is 269 g/mol. The standard InChI is InChI=1S/C12H14Cl2F2O/c1-12(2,3)9-5-8(14)4-7(6-13)10(9)17-11(15)16/h4-5,11H,6H2,1-3H3. The molecule has 17 heavy (non-hydrogen) atoms. The molecule has 0 spiro atoms. The lowest BCUT2D eigenvalue weighted by Gasteiger charge is -2.24. The summed E-state index contributed by atoms with van der Waals surface area (Å²) < 4.78 is 29.4. The molecule has 0 unspecified atom stereocenters. The fraction of sp³-hybridized carbons (Fsp3) is 0.500. The van der Waals surface area contributed by atoms with Gasteiger partial charge in [-0.05, 0) is 17.5 Å². The van der Waals surface area contributed by atoms with E-state index >= 15 is 0 Å². The third kappa shape index (κ3) is 3.71. The lowest BCUT2D eigenvalue weighted by atomic mass is 9.85. The van der Waals surface area contributed by atoms with Gasteiger partial charge in [-0.1, -0.05) is 32.4 Å². The average Bonchev–Trinajstić information content (AvgIpc) is 2.17. The van der Waals surface area contributed by atoms with Crippen molar-refractivity contribution < 1.29 is 13.5 Å². The molecule has 0 radical (unpaired) electrons. The van der Waals surface area contributed by atoms with Crippen molar-refractivity contribution in [2.75, 3.05) is 0 Å². The second-order valence-electron chi connectivity index (χ2n) is 4.70. The molecule has 5 heteroatoms. The summed E-state index contributed by atoms with van der Waals surface area (Å²) in [5.41, 5.74) is 0.751. The SMILES string of the molecule is CC(C)(C)c1cc(Cl)cc(CCl)c1OC(F)F. The van der Waals surface area contributed by atoms with Gasteiger partial charge >= 0.3 is 6.61 Å². The Hall–Kier alpha value is -0.540. The van der Waals surface area contributed by atoms with Gasteiger partial charge in [0.2, 0.25) is 0 Å². The molecule has 1 aromatic rings. The van der Waals surface area contributed by atoms with Crippen LogP contribution in [0, 0.1) is 0 Å². The van der Waals surface area contributed by atoms with E-state index in [0.717, 1.165) is 0 Å². The van der Waals surface area contributed by atoms with Gasteiger partial charge in [-0.15, -0.1) is 11.6 Å². The van der Waals surface area contributed by atoms with Crippen molar-refractivity contribution in [3.05, 3.63) is 28.3 Å². The predicted octanol–water partition coefficient (Wildman–Crippen LogP) is 4.98. The van der Waals surface area contributed by atoms with E-state index in [-0.39, 0.29) is 17.0 Å². The molecule has 0 saturated heterocycles. The zero-order valence-electron chi connectivity index (χ0n) is 9.86. The Labute approximate surface area is 110 Å². The van der Waals surface area contributed by atoms with Crippen molar-refractivity contribution in [1.82, 2.24) is 0 Å². The van der Waals surface area contributed by atoms with E-state index in [1.807, 2.05) is 20.8 Å². The first kappa shape index (κ1) is 14.5. The number of rotatable bonds is 3. The van der Waals surface area contributed by atoms with Gasteiger partial charge in [0, 0.05) is 16.1 Å². The van der Waals surface area contributed by atoms with Crippen LogP contribution in [0.5, 0.6) is 5.75 Å². The van der Waals surface area contributed by atoms with Crippen LogP contribution in [0.25, 0.3) is 0 Å². The maximum atomic E-state index is 12.4. The molecular formula is C12H14Cl2F2O. The molecule has 0 N–H and O–H groups in total. The van der Waals surface area contributed by atoms with Crippen molar-refractivity contribution in [2.24, 2.45) is 0 Å². The Morgan fingerprint density at radius 1 is 1.29 bits per heavy atom. The smallest absolute Gasteiger partial charge is 0.387 e. The fourth-order valence-corrected chi connectivity index (χ4v) is 1.97. The van der Waals surface area contributed by atoms with Crippen molar-refractivity contribution >= 4 is 23.2 Å². The highest BCUT2D eigenvalue weighted by Gasteiger charge is 2.24. The van der Waals surface area contributed by atoms with Crippen LogP contribution in [-0.2, 0) is 11.3 Å². The summed E-state index contributed by atoms with van der Waals surface area (Å²) in [6, 6.07) is 3.18. The Bertz CT molecular complexity index is 400. The molecule has 1 rings (SSSR count). The second kappa shape index (κ2) is 5.40. The highest BCUT2D eigenvalue weighted by atomic mass is 35.5. The number of hydrogen-bond donors (Lipinski definition) is 0. The Morgan fingerprint density at radius 2 is 1.88 bits per heavy atom. The van der Waals surface area contributed by atoms with Gasteiger partial charge in [0.05, 0.1) is 5.88 Å². The molecule has 0 amide bonds. The highest BCUT2D eigenvalue weighted by Crippen LogP contribution is 2.38. The maximum Gasteiger partial charge on any atom is 0.387 e. The van der Waals surface area contributed by atoms with Gasteiger partial charge in [-0.3, -0.25) is 0 Å². The number of alkyl halides is 3. The molecule has 0 aromatic heterocycles. The number of ether oxygens (including phenoxy) is 1. The summed E-state index contributed by atoms with van der Waals surface area (Å²) in [6.45, 7) is 2.82. The first-order valence-corrected chi connectivity index (χ1v) is 6.00. The van der Waals surface area contributed by atoms with Gasteiger partial charge in [0.25, 0.3) is 0 Å². The number of hydrogen-bond acceptors (Lipinski definition) is 1. The van der Waals surface area contributed by atoms with Crippen LogP contribution in [0.15, 0.2) is 12.1 Å². The lowest BCUT2D eigenvalue weighted by molar-refractivity contribution is -0.0513. The summed E-state index contributed by atoms with van der Waals surface area (Å²) in [6.07, 6.45) is 0. The van der Waals surface area contributed by atoms with Gasteiger partial charge in [-0.2, -0.15) is 8.78 Å². The van der Waals surface area contributed by atoms with Crippen molar-refractivity contribution in [2.45, 2.75) is 38.7 Å². The summed E-state index contributed by atoms with van der Waals surface area (Å²) in [5, 5.41) is 0.465. The Morgan fingerprint density at radius 3 is 2.29 bits per heavy atom. The summed E-state index contributed by atoms with van der Waals surface area (Å²) >= 11 is 11.7. The first-order chi connectivity index (χ1) is 7.75. The van der Waals surface area contributed by atoms with E-state index in [0.29, 0.717) is 16.1 Å². The van der Waals surface area contributed by atoms with Gasteiger partial charge in [0.1, 0.15) is 5.75 Å². The van der Waals surface area contributed by atoms with Crippen molar-refractivity contribution in [3.63, 3.8) is 0 Å². The zero-order valence-corrected chi connectivity index (χ0v) is 11.4. The van der Waals surface area contributed by atoms with E-state index in [1.54, 1.807) is 12.1 Å². The van der Waals surface area contributed by atoms with Gasteiger partial charge in [0.15, 0.2) is 0 Å². The van der Waals surface area contributed by atoms with Crippen molar-refractivity contribution in [1.29, 1.82) is 0 Å². The molecule has 0 aliphatic rings. The minimum Gasteiger partial charge on any atom is -0.434 e. The van der Waals surface area contributed by atoms with Crippen LogP contribution in [0.1, 0.15) is 31.9 Å². The number of benzene rings is 1. The lowest BCUT2D eigenvalue weighted by Crippen LogP contribution is -2.16. The van der Waals surface area contributed by atoms with Crippen LogP contribution in [0.2, 0.25) is 5.02 Å². The molecule has 0 bridgehead atoms. The van der Waals surface area contributed by atoms with E-state index in [4.69, 9.17) is 23.2 Å². The Kier molecular flexibility index (Phi) is 4.62. The monoisotopic (exact) mass is 282 g/mol. The molecule has 0 aliphatic carbocycles. The minimum absolute atomic E-state index is 0.0751. The zero-order chi connectivity index (χ0) is 13.2. The van der Waals surface area contributed by atoms with Crippen LogP contribution < -0.4 is 4.74 Å². The van der Waals surface area contributed by atoms with E-state index in [9.17, 15) is 8.78 Å². The largest absolute Gasteiger partial charge is 0.434 e. The van der Waals surface area contributed by atoms with Gasteiger partial charge in [-0.25, -0.2) is 0 Å². The van der Waals surface area contributed by atoms with Crippen molar-refractivity contribution in [3.8, 4) is 5.75 Å². The topological polar surface area (TPSA) is 9.23 Å². The van der Waals surface area contributed by atoms with E-state index < -0.39 is 6.61 Å². The van der Waals surface area contributed by atoms with E-state index in [2.05, 4.69) is 4.74 Å². The summed E-state index contributed by atoms with van der Waals surface area (Å²) in [4.78, 5) is 0. The third-order valence-electron chi connectivity index (χ3n) is 2.29. The van der Waals surface area contributed by atoms with Crippen LogP contribution in [0.3, 0.4) is 0 Å². The normalized spacial score (nSPS) is 12.0. The fourth-order valence-electron chi connectivity index (χ4n) is 1.53. The predicted molar refractivity (Wildman–Crippen MR) is 66.3 cm³/mol. The summed E-state index contributed by atoms with van der Waals surface area (Å²) in [7, 11) is 0. The van der Waals surface area contributed by atoms with Crippen LogP contribution in [-0.4, -0.2) is 6.61 Å². The highest BCUT2D eigenvalue weighted by molar-refractivity contribution is 6.31. The minimum atomic E-state index is -2.88. The average molecular weight is 283 g/mol. The van der Waals surface area contributed by atoms with Crippen LogP contribution >= 0.6 is 23.2 Å². The molecule has 0 heterocycles. The molecule has 0 atom stereocenters. The third-order valence-corrected chi connectivity index (χ3v) is 2.80. The molecule has 0 fully saturated rings. The quantitative estimate of drug-likeness (QED) is 0.711. The molecule has 0 aliphatic heterocycles. The van der Waals surface area contributed by atoms with Gasteiger partial charge < -0.3 is 4.74 Å². The molecule has 1 aromatic carbocycles. The first-order valence-electron chi connectivity index (χ1n) is 5.09. The summed E-state index contributed by atoms with van der Waals surface area (Å²) in [5.74, 6) is 0.206. The Balaban J connectivity index is 3.39. The molecule has 1 nitrogen and oxygen atoms in total. The molecule has 96 valence electrons. The second-order valence-corrected chi connectivity index (χ2v) is 5.41. The van der Waals surface area contributed by atoms with Crippen LogP contribution in [0.4, 0.5) is 8.78 Å². The number of halogens is 4. The van der Waals surface area contributed by atoms with E-state index in [1.165, 1.54) is 0 Å². The molecule has 0 saturated carbocycles. The maximum absolute atomic E-state index is 12.4.